The Labute approximate surface area is 278 Å². The first-order valence-corrected chi connectivity index (χ1v) is 17.5. The van der Waals surface area contributed by atoms with Gasteiger partial charge in [-0.25, -0.2) is 8.42 Å². The highest BCUT2D eigenvalue weighted by Gasteiger charge is 2.33. The molecule has 3 heterocycles. The number of thiophene rings is 1. The Morgan fingerprint density at radius 3 is 2.26 bits per heavy atom. The zero-order valence-corrected chi connectivity index (χ0v) is 27.5. The van der Waals surface area contributed by atoms with Gasteiger partial charge in [0.05, 0.1) is 22.6 Å². The van der Waals surface area contributed by atoms with Crippen LogP contribution in [-0.2, 0) is 23.0 Å². The third-order valence-corrected chi connectivity index (χ3v) is 11.1. The lowest BCUT2D eigenvalue weighted by molar-refractivity contribution is 0.100. The summed E-state index contributed by atoms with van der Waals surface area (Å²) in [6, 6.07) is 21.5. The van der Waals surface area contributed by atoms with Crippen molar-refractivity contribution >= 4 is 44.7 Å². The second-order valence-corrected chi connectivity index (χ2v) is 14.1. The Morgan fingerprint density at radius 1 is 0.915 bits per heavy atom. The van der Waals surface area contributed by atoms with Crippen molar-refractivity contribution in [1.82, 2.24) is 9.80 Å². The number of nitrogens with zero attached hydrogens (tertiary/aromatic N) is 3. The van der Waals surface area contributed by atoms with E-state index in [1.54, 1.807) is 52.6 Å². The van der Waals surface area contributed by atoms with E-state index in [0.29, 0.717) is 49.9 Å². The lowest BCUT2D eigenvalue weighted by Crippen LogP contribution is -2.41. The number of nitrogens with two attached hydrogens (primary N) is 1. The second-order valence-electron chi connectivity index (χ2n) is 11.4. The van der Waals surface area contributed by atoms with Crippen LogP contribution in [0, 0.1) is 10.8 Å². The average Bonchev–Trinajstić information content (AvgIpc) is 3.63. The number of rotatable bonds is 8. The van der Waals surface area contributed by atoms with Gasteiger partial charge in [-0.05, 0) is 89.7 Å². The molecule has 0 radical (unpaired) electrons. The van der Waals surface area contributed by atoms with Crippen LogP contribution in [0.1, 0.15) is 39.2 Å². The van der Waals surface area contributed by atoms with Crippen molar-refractivity contribution in [2.45, 2.75) is 36.8 Å². The number of anilines is 1. The topological polar surface area (TPSA) is 153 Å². The number of hydrogen-bond acceptors (Lipinski definition) is 8. The van der Waals surface area contributed by atoms with E-state index in [1.807, 2.05) is 28.5 Å². The lowest BCUT2D eigenvalue weighted by Gasteiger charge is -2.33. The lowest BCUT2D eigenvalue weighted by atomic mass is 9.99. The molecule has 0 aliphatic carbocycles. The number of guanidine groups is 1. The van der Waals surface area contributed by atoms with E-state index < -0.39 is 15.9 Å². The van der Waals surface area contributed by atoms with Crippen LogP contribution in [0.3, 0.4) is 0 Å². The highest BCUT2D eigenvalue weighted by atomic mass is 32.2. The quantitative estimate of drug-likeness (QED) is 0.176. The number of benzene rings is 3. The van der Waals surface area contributed by atoms with Gasteiger partial charge in [0.1, 0.15) is 23.4 Å². The minimum Gasteiger partial charge on any atom is -0.497 e. The van der Waals surface area contributed by atoms with E-state index in [4.69, 9.17) is 26.0 Å². The first-order chi connectivity index (χ1) is 22.6. The Bertz CT molecular complexity index is 1870. The number of nitrogens with one attached hydrogen (secondary N) is 2. The van der Waals surface area contributed by atoms with Crippen molar-refractivity contribution < 1.29 is 22.7 Å². The third kappa shape index (κ3) is 6.81. The number of hydrogen-bond donors (Lipinski definition) is 3. The number of ether oxygens (including phenoxy) is 2. The monoisotopic (exact) mass is 672 g/mol. The molecule has 1 amide bonds. The number of amidine groups is 1. The third-order valence-electron chi connectivity index (χ3n) is 8.48. The molecule has 47 heavy (non-hydrogen) atoms. The van der Waals surface area contributed by atoms with Crippen molar-refractivity contribution in [2.75, 3.05) is 31.0 Å². The molecule has 0 spiro atoms. The van der Waals surface area contributed by atoms with E-state index in [9.17, 15) is 13.2 Å². The summed E-state index contributed by atoms with van der Waals surface area (Å²) in [6.45, 7) is 2.31. The summed E-state index contributed by atoms with van der Waals surface area (Å²) in [7, 11) is -2.86. The van der Waals surface area contributed by atoms with E-state index in [2.05, 4.69) is 0 Å². The molecule has 0 saturated carbocycles. The van der Waals surface area contributed by atoms with Crippen molar-refractivity contribution in [1.29, 1.82) is 10.8 Å². The van der Waals surface area contributed by atoms with Gasteiger partial charge in [-0.15, -0.1) is 11.3 Å². The molecular formula is C34H36N6O5S2. The Hall–Kier alpha value is -4.88. The SMILES string of the molecule is COc1ccc(C(=O)N(c2ccc3c(c2)CN(C(=N)N)CC3)S(=O)(=O)c2ccc(OC3CCN(C(=N)c4cccs4)CC3)cc2)cc1. The maximum Gasteiger partial charge on any atom is 0.272 e. The molecule has 11 nitrogen and oxygen atoms in total. The van der Waals surface area contributed by atoms with Gasteiger partial charge in [-0.3, -0.25) is 15.6 Å². The molecule has 0 bridgehead atoms. The van der Waals surface area contributed by atoms with Crippen molar-refractivity contribution in [3.8, 4) is 11.5 Å². The molecular weight excluding hydrogens is 637 g/mol. The van der Waals surface area contributed by atoms with Gasteiger partial charge in [0, 0.05) is 44.6 Å². The molecule has 0 unspecified atom stereocenters. The number of piperidine rings is 1. The van der Waals surface area contributed by atoms with Gasteiger partial charge in [0.25, 0.3) is 15.9 Å². The van der Waals surface area contributed by atoms with Crippen LogP contribution in [0.15, 0.2) is 89.1 Å². The maximum absolute atomic E-state index is 14.3. The predicted octanol–water partition coefficient (Wildman–Crippen LogP) is 4.91. The molecule has 0 atom stereocenters. The number of sulfonamides is 1. The van der Waals surface area contributed by atoms with Crippen LogP contribution in [-0.4, -0.2) is 68.8 Å². The molecule has 244 valence electrons. The van der Waals surface area contributed by atoms with Gasteiger partial charge in [0.2, 0.25) is 0 Å². The molecule has 1 fully saturated rings. The van der Waals surface area contributed by atoms with E-state index in [0.717, 1.165) is 33.2 Å². The van der Waals surface area contributed by atoms with Crippen LogP contribution in [0.4, 0.5) is 5.69 Å². The molecule has 13 heteroatoms. The summed E-state index contributed by atoms with van der Waals surface area (Å²) >= 11 is 1.55. The summed E-state index contributed by atoms with van der Waals surface area (Å²) in [6.07, 6.45) is 2.05. The molecule has 6 rings (SSSR count). The summed E-state index contributed by atoms with van der Waals surface area (Å²) in [5.41, 5.74) is 7.92. The van der Waals surface area contributed by atoms with E-state index in [1.165, 1.54) is 31.4 Å². The fourth-order valence-electron chi connectivity index (χ4n) is 5.85. The molecule has 1 aromatic heterocycles. The standard InChI is InChI=1S/C34H36N6O5S2/c1-44-27-8-5-24(6-9-27)33(41)40(26-7-4-23-14-17-39(34(36)37)22-25(23)21-26)47(42,43)30-12-10-28(11-13-30)45-29-15-18-38(19-16-29)32(35)31-3-2-20-46-31/h2-13,20-21,29,35H,14-19,22H2,1H3,(H3,36,37). The van der Waals surface area contributed by atoms with Crippen LogP contribution in [0.2, 0.25) is 0 Å². The van der Waals surface area contributed by atoms with Gasteiger partial charge in [0.15, 0.2) is 5.96 Å². The molecule has 1 saturated heterocycles. The molecule has 3 aromatic carbocycles. The normalized spacial score (nSPS) is 15.1. The molecule has 2 aliphatic heterocycles. The van der Waals surface area contributed by atoms with Gasteiger partial charge in [-0.1, -0.05) is 12.1 Å². The first kappa shape index (κ1) is 32.1. The second kappa shape index (κ2) is 13.5. The number of carbonyl (C=O) groups is 1. The number of likely N-dealkylation sites (tertiary alicyclic amines) is 1. The molecule has 2 aliphatic rings. The fraction of sp³-hybridized carbons (Fsp3) is 0.265. The summed E-state index contributed by atoms with van der Waals surface area (Å²) in [4.78, 5) is 18.6. The summed E-state index contributed by atoms with van der Waals surface area (Å²) < 4.78 is 40.8. The van der Waals surface area contributed by atoms with Crippen molar-refractivity contribution in [2.24, 2.45) is 5.73 Å². The Kier molecular flexibility index (Phi) is 9.19. The Balaban J connectivity index is 1.23. The fourth-order valence-corrected chi connectivity index (χ4v) is 7.95. The first-order valence-electron chi connectivity index (χ1n) is 15.2. The number of amides is 1. The Morgan fingerprint density at radius 2 is 1.62 bits per heavy atom. The van der Waals surface area contributed by atoms with Crippen molar-refractivity contribution in [3.05, 3.63) is 106 Å². The number of methoxy groups -OCH3 is 1. The highest BCUT2D eigenvalue weighted by Crippen LogP contribution is 2.32. The molecule has 4 N–H and O–H groups in total. The summed E-state index contributed by atoms with van der Waals surface area (Å²) in [5.74, 6) is 0.812. The zero-order chi connectivity index (χ0) is 33.1. The largest absolute Gasteiger partial charge is 0.497 e. The smallest absolute Gasteiger partial charge is 0.272 e. The van der Waals surface area contributed by atoms with Gasteiger partial charge < -0.3 is 25.0 Å². The number of carbonyl (C=O) groups excluding carboxylic acids is 1. The van der Waals surface area contributed by atoms with Crippen LogP contribution < -0.4 is 19.5 Å². The number of fused-ring (bicyclic) bond motifs is 1. The van der Waals surface area contributed by atoms with Gasteiger partial charge in [-0.2, -0.15) is 4.31 Å². The van der Waals surface area contributed by atoms with Crippen LogP contribution in [0.25, 0.3) is 0 Å². The van der Waals surface area contributed by atoms with E-state index in [-0.39, 0.29) is 28.2 Å². The van der Waals surface area contributed by atoms with Crippen LogP contribution in [0.5, 0.6) is 11.5 Å². The molecule has 4 aromatic rings. The van der Waals surface area contributed by atoms with Crippen LogP contribution >= 0.6 is 11.3 Å². The summed E-state index contributed by atoms with van der Waals surface area (Å²) in [5, 5.41) is 18.3. The highest BCUT2D eigenvalue weighted by molar-refractivity contribution is 7.93. The van der Waals surface area contributed by atoms with Crippen molar-refractivity contribution in [3.63, 3.8) is 0 Å². The minimum absolute atomic E-state index is 0.0611. The maximum atomic E-state index is 14.3. The average molecular weight is 673 g/mol. The van der Waals surface area contributed by atoms with Gasteiger partial charge >= 0.3 is 0 Å². The zero-order valence-electron chi connectivity index (χ0n) is 25.9. The predicted molar refractivity (Wildman–Crippen MR) is 182 cm³/mol. The minimum atomic E-state index is -4.37. The van der Waals surface area contributed by atoms with E-state index >= 15 is 0 Å².